The molecule has 0 unspecified atom stereocenters. The average molecular weight is 275 g/mol. The van der Waals surface area contributed by atoms with Gasteiger partial charge in [0.2, 0.25) is 0 Å². The van der Waals surface area contributed by atoms with E-state index >= 15 is 0 Å². The summed E-state index contributed by atoms with van der Waals surface area (Å²) in [5.41, 5.74) is 3.29. The fourth-order valence-electron chi connectivity index (χ4n) is 1.90. The summed E-state index contributed by atoms with van der Waals surface area (Å²) in [6, 6.07) is 10.4. The molecule has 2 N–H and O–H groups in total. The van der Waals surface area contributed by atoms with Crippen molar-refractivity contribution in [3.8, 4) is 0 Å². The summed E-state index contributed by atoms with van der Waals surface area (Å²) in [7, 11) is 0. The number of carbonyl (C=O) groups is 1. The van der Waals surface area contributed by atoms with E-state index in [1.54, 1.807) is 0 Å². The molecular formula is C15H17NO2S. The van der Waals surface area contributed by atoms with Crippen molar-refractivity contribution in [3.05, 3.63) is 57.3 Å². The SMILES string of the molecule is Cc1ccc([C@@H](C)NCc2ccsc2C(=O)O)cc1. The molecule has 1 aromatic heterocycles. The van der Waals surface area contributed by atoms with Crippen LogP contribution in [0.2, 0.25) is 0 Å². The van der Waals surface area contributed by atoms with Crippen LogP contribution in [0.25, 0.3) is 0 Å². The predicted molar refractivity (Wildman–Crippen MR) is 77.7 cm³/mol. The molecule has 0 fully saturated rings. The molecular weight excluding hydrogens is 258 g/mol. The second kappa shape index (κ2) is 5.99. The van der Waals surface area contributed by atoms with Gasteiger partial charge in [-0.25, -0.2) is 4.79 Å². The molecule has 0 saturated carbocycles. The van der Waals surface area contributed by atoms with E-state index in [1.807, 2.05) is 11.4 Å². The number of hydrogen-bond acceptors (Lipinski definition) is 3. The number of benzene rings is 1. The molecule has 0 aliphatic carbocycles. The minimum Gasteiger partial charge on any atom is -0.477 e. The van der Waals surface area contributed by atoms with Crippen LogP contribution in [0.3, 0.4) is 0 Å². The Balaban J connectivity index is 2.00. The number of rotatable bonds is 5. The summed E-state index contributed by atoms with van der Waals surface area (Å²) >= 11 is 1.27. The van der Waals surface area contributed by atoms with E-state index in [0.717, 1.165) is 5.56 Å². The Bertz CT molecular complexity index is 560. The third-order valence-electron chi connectivity index (χ3n) is 3.12. The number of nitrogens with one attached hydrogen (secondary N) is 1. The highest BCUT2D eigenvalue weighted by molar-refractivity contribution is 7.12. The molecule has 100 valence electrons. The quantitative estimate of drug-likeness (QED) is 0.876. The van der Waals surface area contributed by atoms with Gasteiger partial charge in [0, 0.05) is 12.6 Å². The summed E-state index contributed by atoms with van der Waals surface area (Å²) in [5, 5.41) is 14.2. The smallest absolute Gasteiger partial charge is 0.346 e. The standard InChI is InChI=1S/C15H17NO2S/c1-10-3-5-12(6-4-10)11(2)16-9-13-7-8-19-14(13)15(17)18/h3-8,11,16H,9H2,1-2H3,(H,17,18)/t11-/m1/s1. The maximum Gasteiger partial charge on any atom is 0.346 e. The lowest BCUT2D eigenvalue weighted by molar-refractivity contribution is 0.0701. The highest BCUT2D eigenvalue weighted by Gasteiger charge is 2.12. The van der Waals surface area contributed by atoms with Crippen LogP contribution >= 0.6 is 11.3 Å². The first-order chi connectivity index (χ1) is 9.08. The summed E-state index contributed by atoms with van der Waals surface area (Å²) in [4.78, 5) is 11.4. The molecule has 1 heterocycles. The van der Waals surface area contributed by atoms with Crippen molar-refractivity contribution in [3.63, 3.8) is 0 Å². The van der Waals surface area contributed by atoms with Crippen molar-refractivity contribution in [1.29, 1.82) is 0 Å². The van der Waals surface area contributed by atoms with Gasteiger partial charge in [0.05, 0.1) is 0 Å². The number of carboxylic acids is 1. The van der Waals surface area contributed by atoms with Crippen LogP contribution in [0.5, 0.6) is 0 Å². The molecule has 0 aliphatic heterocycles. The van der Waals surface area contributed by atoms with Gasteiger partial charge in [-0.3, -0.25) is 0 Å². The van der Waals surface area contributed by atoms with Gasteiger partial charge < -0.3 is 10.4 Å². The zero-order valence-corrected chi connectivity index (χ0v) is 11.8. The molecule has 1 aromatic carbocycles. The van der Waals surface area contributed by atoms with Crippen LogP contribution in [0.15, 0.2) is 35.7 Å². The average Bonchev–Trinajstić information content (AvgIpc) is 2.85. The van der Waals surface area contributed by atoms with Gasteiger partial charge >= 0.3 is 5.97 Å². The van der Waals surface area contributed by atoms with Crippen molar-refractivity contribution in [2.75, 3.05) is 0 Å². The number of carboxylic acid groups (broad SMARTS) is 1. The van der Waals surface area contributed by atoms with Crippen LogP contribution in [0.1, 0.15) is 39.3 Å². The minimum absolute atomic E-state index is 0.196. The Morgan fingerprint density at radius 2 is 2.00 bits per heavy atom. The van der Waals surface area contributed by atoms with E-state index in [4.69, 9.17) is 5.11 Å². The Labute approximate surface area is 116 Å². The third-order valence-corrected chi connectivity index (χ3v) is 4.06. The highest BCUT2D eigenvalue weighted by Crippen LogP contribution is 2.19. The largest absolute Gasteiger partial charge is 0.477 e. The van der Waals surface area contributed by atoms with Crippen molar-refractivity contribution in [1.82, 2.24) is 5.32 Å². The number of thiophene rings is 1. The molecule has 0 amide bonds. The summed E-state index contributed by atoms with van der Waals surface area (Å²) < 4.78 is 0. The van der Waals surface area contributed by atoms with Crippen LogP contribution in [-0.4, -0.2) is 11.1 Å². The van der Waals surface area contributed by atoms with Gasteiger partial charge in [0.25, 0.3) is 0 Å². The maximum atomic E-state index is 11.0. The van der Waals surface area contributed by atoms with Gasteiger partial charge in [-0.1, -0.05) is 29.8 Å². The first-order valence-corrected chi connectivity index (χ1v) is 7.05. The van der Waals surface area contributed by atoms with Crippen LogP contribution in [0, 0.1) is 6.92 Å². The molecule has 2 aromatic rings. The van der Waals surface area contributed by atoms with E-state index in [2.05, 4.69) is 43.4 Å². The monoisotopic (exact) mass is 275 g/mol. The van der Waals surface area contributed by atoms with Crippen molar-refractivity contribution >= 4 is 17.3 Å². The van der Waals surface area contributed by atoms with Gasteiger partial charge in [0.1, 0.15) is 4.88 Å². The molecule has 0 saturated heterocycles. The van der Waals surface area contributed by atoms with E-state index < -0.39 is 5.97 Å². The summed E-state index contributed by atoms with van der Waals surface area (Å²) in [5.74, 6) is -0.852. The van der Waals surface area contributed by atoms with Crippen LogP contribution in [-0.2, 0) is 6.54 Å². The zero-order chi connectivity index (χ0) is 13.8. The zero-order valence-electron chi connectivity index (χ0n) is 11.0. The van der Waals surface area contributed by atoms with Crippen LogP contribution in [0.4, 0.5) is 0 Å². The molecule has 0 spiro atoms. The first kappa shape index (κ1) is 13.8. The van der Waals surface area contributed by atoms with Gasteiger partial charge in [-0.15, -0.1) is 11.3 Å². The van der Waals surface area contributed by atoms with E-state index in [9.17, 15) is 4.79 Å². The lowest BCUT2D eigenvalue weighted by Crippen LogP contribution is -2.18. The van der Waals surface area contributed by atoms with E-state index in [1.165, 1.54) is 22.5 Å². The molecule has 2 rings (SSSR count). The molecule has 0 aliphatic rings. The van der Waals surface area contributed by atoms with Crippen LogP contribution < -0.4 is 5.32 Å². The number of aryl methyl sites for hydroxylation is 1. The number of aromatic carboxylic acids is 1. The second-order valence-electron chi connectivity index (χ2n) is 4.59. The normalized spacial score (nSPS) is 12.3. The lowest BCUT2D eigenvalue weighted by Gasteiger charge is -2.14. The van der Waals surface area contributed by atoms with Crippen molar-refractivity contribution in [2.45, 2.75) is 26.4 Å². The molecule has 0 radical (unpaired) electrons. The van der Waals surface area contributed by atoms with Gasteiger partial charge in [-0.2, -0.15) is 0 Å². The predicted octanol–water partition coefficient (Wildman–Crippen LogP) is 3.61. The maximum absolute atomic E-state index is 11.0. The fraction of sp³-hybridized carbons (Fsp3) is 0.267. The van der Waals surface area contributed by atoms with E-state index in [0.29, 0.717) is 11.4 Å². The molecule has 19 heavy (non-hydrogen) atoms. The Morgan fingerprint density at radius 1 is 1.32 bits per heavy atom. The van der Waals surface area contributed by atoms with Gasteiger partial charge in [-0.05, 0) is 36.4 Å². The molecule has 3 nitrogen and oxygen atoms in total. The minimum atomic E-state index is -0.852. The number of hydrogen-bond donors (Lipinski definition) is 2. The Hall–Kier alpha value is -1.65. The second-order valence-corrected chi connectivity index (χ2v) is 5.51. The lowest BCUT2D eigenvalue weighted by atomic mass is 10.1. The van der Waals surface area contributed by atoms with E-state index in [-0.39, 0.29) is 6.04 Å². The molecule has 4 heteroatoms. The third kappa shape index (κ3) is 3.43. The van der Waals surface area contributed by atoms with Crippen molar-refractivity contribution in [2.24, 2.45) is 0 Å². The highest BCUT2D eigenvalue weighted by atomic mass is 32.1. The topological polar surface area (TPSA) is 49.3 Å². The first-order valence-electron chi connectivity index (χ1n) is 6.17. The van der Waals surface area contributed by atoms with Gasteiger partial charge in [0.15, 0.2) is 0 Å². The fourth-order valence-corrected chi connectivity index (χ4v) is 2.66. The Morgan fingerprint density at radius 3 is 2.63 bits per heavy atom. The molecule has 0 bridgehead atoms. The molecule has 1 atom stereocenters. The summed E-state index contributed by atoms with van der Waals surface area (Å²) in [6.45, 7) is 4.71. The van der Waals surface area contributed by atoms with Crippen molar-refractivity contribution < 1.29 is 9.90 Å². The Kier molecular flexibility index (Phi) is 4.35. The summed E-state index contributed by atoms with van der Waals surface area (Å²) in [6.07, 6.45) is 0.